The Morgan fingerprint density at radius 1 is 1.20 bits per heavy atom. The van der Waals surface area contributed by atoms with E-state index in [1.165, 1.54) is 6.07 Å². The van der Waals surface area contributed by atoms with E-state index in [1.54, 1.807) is 25.1 Å². The molecule has 134 valence electrons. The molecule has 0 aromatic heterocycles. The largest absolute Gasteiger partial charge is 0.481 e. The third-order valence-electron chi connectivity index (χ3n) is 3.29. The zero-order valence-corrected chi connectivity index (χ0v) is 14.5. The average molecular weight is 392 g/mol. The second kappa shape index (κ2) is 7.97. The maximum Gasteiger partial charge on any atom is 0.416 e. The van der Waals surface area contributed by atoms with Crippen molar-refractivity contribution in [1.29, 1.82) is 0 Å². The van der Waals surface area contributed by atoms with Crippen LogP contribution in [0.5, 0.6) is 5.75 Å². The molecule has 0 aliphatic rings. The molecule has 0 aliphatic heterocycles. The van der Waals surface area contributed by atoms with Crippen molar-refractivity contribution in [3.63, 3.8) is 0 Å². The smallest absolute Gasteiger partial charge is 0.416 e. The van der Waals surface area contributed by atoms with Crippen LogP contribution in [-0.4, -0.2) is 12.0 Å². The predicted octanol–water partition coefficient (Wildman–Crippen LogP) is 5.81. The van der Waals surface area contributed by atoms with Crippen LogP contribution in [0.4, 0.5) is 18.9 Å². The second-order valence-electron chi connectivity index (χ2n) is 5.15. The molecule has 0 aliphatic carbocycles. The minimum absolute atomic E-state index is 0.000964. The molecular formula is C17H14Cl2F3NO2. The number of hydrogen-bond acceptors (Lipinski definition) is 2. The Morgan fingerprint density at radius 3 is 2.52 bits per heavy atom. The summed E-state index contributed by atoms with van der Waals surface area (Å²) in [5, 5.41) is 2.82. The van der Waals surface area contributed by atoms with Crippen LogP contribution in [0.1, 0.15) is 18.9 Å². The number of nitrogens with one attached hydrogen (secondary N) is 1. The average Bonchev–Trinajstić information content (AvgIpc) is 2.53. The van der Waals surface area contributed by atoms with Crippen molar-refractivity contribution >= 4 is 34.8 Å². The van der Waals surface area contributed by atoms with Gasteiger partial charge in [-0.1, -0.05) is 36.2 Å². The number of amides is 1. The lowest BCUT2D eigenvalue weighted by atomic mass is 10.1. The van der Waals surface area contributed by atoms with Crippen LogP contribution >= 0.6 is 23.2 Å². The first-order valence-electron chi connectivity index (χ1n) is 7.30. The van der Waals surface area contributed by atoms with E-state index >= 15 is 0 Å². The predicted molar refractivity (Wildman–Crippen MR) is 91.2 cm³/mol. The van der Waals surface area contributed by atoms with Gasteiger partial charge in [-0.05, 0) is 42.8 Å². The van der Waals surface area contributed by atoms with Gasteiger partial charge in [-0.15, -0.1) is 0 Å². The number of hydrogen-bond donors (Lipinski definition) is 1. The molecule has 0 bridgehead atoms. The molecule has 3 nitrogen and oxygen atoms in total. The highest BCUT2D eigenvalue weighted by Crippen LogP contribution is 2.34. The molecule has 25 heavy (non-hydrogen) atoms. The lowest BCUT2D eigenvalue weighted by Gasteiger charge is -2.18. The van der Waals surface area contributed by atoms with Gasteiger partial charge in [0.1, 0.15) is 5.75 Å². The summed E-state index contributed by atoms with van der Waals surface area (Å²) in [7, 11) is 0. The first-order chi connectivity index (χ1) is 11.7. The maximum absolute atomic E-state index is 12.8. The highest BCUT2D eigenvalue weighted by atomic mass is 35.5. The number of rotatable bonds is 5. The van der Waals surface area contributed by atoms with E-state index in [0.29, 0.717) is 17.2 Å². The summed E-state index contributed by atoms with van der Waals surface area (Å²) >= 11 is 11.7. The molecule has 0 radical (unpaired) electrons. The Balaban J connectivity index is 2.16. The fourth-order valence-electron chi connectivity index (χ4n) is 2.04. The quantitative estimate of drug-likeness (QED) is 0.698. The molecule has 1 N–H and O–H groups in total. The van der Waals surface area contributed by atoms with Crippen molar-refractivity contribution in [2.75, 3.05) is 5.32 Å². The summed E-state index contributed by atoms with van der Waals surface area (Å²) in [6, 6.07) is 9.18. The van der Waals surface area contributed by atoms with Gasteiger partial charge in [0.05, 0.1) is 16.3 Å². The molecular weight excluding hydrogens is 378 g/mol. The number of ether oxygens (including phenoxy) is 1. The van der Waals surface area contributed by atoms with Crippen molar-refractivity contribution < 1.29 is 22.7 Å². The Labute approximate surface area is 152 Å². The van der Waals surface area contributed by atoms with Gasteiger partial charge < -0.3 is 10.1 Å². The number of alkyl halides is 3. The van der Waals surface area contributed by atoms with Crippen molar-refractivity contribution in [2.45, 2.75) is 25.6 Å². The van der Waals surface area contributed by atoms with Crippen LogP contribution in [0.2, 0.25) is 10.0 Å². The van der Waals surface area contributed by atoms with Crippen LogP contribution in [-0.2, 0) is 11.0 Å². The minimum Gasteiger partial charge on any atom is -0.481 e. The Bertz CT molecular complexity index is 766. The molecule has 0 fully saturated rings. The molecule has 2 aromatic rings. The number of carbonyl (C=O) groups is 1. The van der Waals surface area contributed by atoms with E-state index in [4.69, 9.17) is 27.9 Å². The van der Waals surface area contributed by atoms with Crippen molar-refractivity contribution in [3.05, 3.63) is 58.1 Å². The molecule has 2 rings (SSSR count). The van der Waals surface area contributed by atoms with Crippen LogP contribution in [0, 0.1) is 0 Å². The molecule has 0 heterocycles. The summed E-state index contributed by atoms with van der Waals surface area (Å²) in [5.41, 5.74) is -1.04. The fourth-order valence-corrected chi connectivity index (χ4v) is 2.38. The van der Waals surface area contributed by atoms with Crippen LogP contribution in [0.25, 0.3) is 0 Å². The Kier molecular flexibility index (Phi) is 6.19. The van der Waals surface area contributed by atoms with E-state index in [0.717, 1.165) is 18.2 Å². The van der Waals surface area contributed by atoms with Gasteiger partial charge in [-0.3, -0.25) is 4.79 Å². The SMILES string of the molecule is CC[C@@H](Oc1cccc(Cl)c1)C(=O)Nc1cc(C(F)(F)F)ccc1Cl. The molecule has 0 saturated carbocycles. The standard InChI is InChI=1S/C17H14Cl2F3NO2/c1-2-15(25-12-5-3-4-11(18)9-12)16(24)23-14-8-10(17(20,21)22)6-7-13(14)19/h3-9,15H,2H2,1H3,(H,23,24)/t15-/m1/s1. The van der Waals surface area contributed by atoms with Gasteiger partial charge in [-0.25, -0.2) is 0 Å². The topological polar surface area (TPSA) is 38.3 Å². The van der Waals surface area contributed by atoms with Gasteiger partial charge in [0.25, 0.3) is 5.91 Å². The molecule has 1 atom stereocenters. The lowest BCUT2D eigenvalue weighted by Crippen LogP contribution is -2.32. The van der Waals surface area contributed by atoms with Gasteiger partial charge in [0.15, 0.2) is 6.10 Å². The zero-order chi connectivity index (χ0) is 18.6. The van der Waals surface area contributed by atoms with Crippen LogP contribution in [0.15, 0.2) is 42.5 Å². The van der Waals surface area contributed by atoms with Gasteiger partial charge in [0.2, 0.25) is 0 Å². The number of halogens is 5. The van der Waals surface area contributed by atoms with Gasteiger partial charge >= 0.3 is 6.18 Å². The molecule has 0 unspecified atom stereocenters. The summed E-state index contributed by atoms with van der Waals surface area (Å²) in [4.78, 5) is 12.3. The van der Waals surface area contributed by atoms with E-state index in [-0.39, 0.29) is 10.7 Å². The molecule has 0 spiro atoms. The lowest BCUT2D eigenvalue weighted by molar-refractivity contribution is -0.137. The summed E-state index contributed by atoms with van der Waals surface area (Å²) in [5.74, 6) is -0.228. The van der Waals surface area contributed by atoms with Crippen molar-refractivity contribution in [1.82, 2.24) is 0 Å². The van der Waals surface area contributed by atoms with Crippen LogP contribution < -0.4 is 10.1 Å². The maximum atomic E-state index is 12.8. The minimum atomic E-state index is -4.54. The zero-order valence-electron chi connectivity index (χ0n) is 13.0. The number of benzene rings is 2. The number of carbonyl (C=O) groups excluding carboxylic acids is 1. The summed E-state index contributed by atoms with van der Waals surface area (Å²) < 4.78 is 43.9. The van der Waals surface area contributed by atoms with E-state index in [9.17, 15) is 18.0 Å². The fraction of sp³-hybridized carbons (Fsp3) is 0.235. The van der Waals surface area contributed by atoms with Crippen molar-refractivity contribution in [2.24, 2.45) is 0 Å². The monoisotopic (exact) mass is 391 g/mol. The Morgan fingerprint density at radius 2 is 1.92 bits per heavy atom. The van der Waals surface area contributed by atoms with Crippen LogP contribution in [0.3, 0.4) is 0 Å². The Hall–Kier alpha value is -1.92. The molecule has 0 saturated heterocycles. The normalized spacial score (nSPS) is 12.6. The van der Waals surface area contributed by atoms with Gasteiger partial charge in [0, 0.05) is 5.02 Å². The van der Waals surface area contributed by atoms with Gasteiger partial charge in [-0.2, -0.15) is 13.2 Å². The summed E-state index contributed by atoms with van der Waals surface area (Å²) in [6.45, 7) is 1.71. The molecule has 8 heteroatoms. The van der Waals surface area contributed by atoms with E-state index in [1.807, 2.05) is 0 Å². The first-order valence-corrected chi connectivity index (χ1v) is 8.06. The second-order valence-corrected chi connectivity index (χ2v) is 6.00. The number of anilines is 1. The van der Waals surface area contributed by atoms with E-state index < -0.39 is 23.8 Å². The summed E-state index contributed by atoms with van der Waals surface area (Å²) in [6.07, 6.45) is -5.15. The van der Waals surface area contributed by atoms with Crippen molar-refractivity contribution in [3.8, 4) is 5.75 Å². The molecule has 1 amide bonds. The third-order valence-corrected chi connectivity index (χ3v) is 3.85. The highest BCUT2D eigenvalue weighted by molar-refractivity contribution is 6.33. The first kappa shape index (κ1) is 19.4. The highest BCUT2D eigenvalue weighted by Gasteiger charge is 2.31. The third kappa shape index (κ3) is 5.28. The van der Waals surface area contributed by atoms with E-state index in [2.05, 4.69) is 5.32 Å². The molecule has 2 aromatic carbocycles.